The fourth-order valence-electron chi connectivity index (χ4n) is 4.05. The summed E-state index contributed by atoms with van der Waals surface area (Å²) in [5.41, 5.74) is 0.265. The molecule has 1 saturated heterocycles. The molecule has 2 bridgehead atoms. The van der Waals surface area contributed by atoms with E-state index in [1.807, 2.05) is 0 Å². The molecular formula is C16H9Cl6NO3. The van der Waals surface area contributed by atoms with E-state index in [1.54, 1.807) is 24.3 Å². The van der Waals surface area contributed by atoms with Crippen molar-refractivity contribution in [1.82, 2.24) is 0 Å². The first-order valence-electron chi connectivity index (χ1n) is 7.39. The van der Waals surface area contributed by atoms with Crippen LogP contribution in [0.25, 0.3) is 0 Å². The number of alkyl halides is 4. The Morgan fingerprint density at radius 3 is 1.85 bits per heavy atom. The minimum absolute atomic E-state index is 0.120. The number of hydrogen-bond donors (Lipinski definition) is 0. The molecule has 10 heteroatoms. The molecule has 4 rings (SSSR count). The van der Waals surface area contributed by atoms with Crippen LogP contribution in [0, 0.1) is 11.8 Å². The van der Waals surface area contributed by atoms with E-state index in [1.165, 1.54) is 7.11 Å². The fraction of sp³-hybridized carbons (Fsp3) is 0.375. The van der Waals surface area contributed by atoms with Gasteiger partial charge in [0, 0.05) is 0 Å². The van der Waals surface area contributed by atoms with Crippen LogP contribution >= 0.6 is 69.6 Å². The molecule has 4 nitrogen and oxygen atoms in total. The zero-order valence-electron chi connectivity index (χ0n) is 12.9. The largest absolute Gasteiger partial charge is 0.495 e. The van der Waals surface area contributed by atoms with Gasteiger partial charge in [0.1, 0.15) is 15.5 Å². The number of amides is 2. The number of imide groups is 1. The molecule has 2 fully saturated rings. The van der Waals surface area contributed by atoms with Crippen molar-refractivity contribution in [3.63, 3.8) is 0 Å². The van der Waals surface area contributed by atoms with Crippen molar-refractivity contribution >= 4 is 87.1 Å². The van der Waals surface area contributed by atoms with Crippen molar-refractivity contribution < 1.29 is 14.3 Å². The van der Waals surface area contributed by atoms with Crippen LogP contribution in [0.1, 0.15) is 0 Å². The number of methoxy groups -OCH3 is 1. The quantitative estimate of drug-likeness (QED) is 0.462. The Balaban J connectivity index is 1.93. The van der Waals surface area contributed by atoms with Gasteiger partial charge >= 0.3 is 0 Å². The van der Waals surface area contributed by atoms with Gasteiger partial charge in [-0.25, -0.2) is 4.90 Å². The molecule has 4 atom stereocenters. The van der Waals surface area contributed by atoms with E-state index in [2.05, 4.69) is 0 Å². The predicted molar refractivity (Wildman–Crippen MR) is 103 cm³/mol. The Morgan fingerprint density at radius 2 is 1.38 bits per heavy atom. The van der Waals surface area contributed by atoms with E-state index in [4.69, 9.17) is 74.3 Å². The van der Waals surface area contributed by atoms with Gasteiger partial charge in [0.05, 0.1) is 34.7 Å². The lowest BCUT2D eigenvalue weighted by Crippen LogP contribution is -2.50. The van der Waals surface area contributed by atoms with Crippen molar-refractivity contribution in [3.8, 4) is 5.75 Å². The van der Waals surface area contributed by atoms with Crippen LogP contribution in [0.4, 0.5) is 5.69 Å². The van der Waals surface area contributed by atoms with E-state index in [0.29, 0.717) is 5.75 Å². The molecule has 1 aromatic carbocycles. The molecule has 1 unspecified atom stereocenters. The highest BCUT2D eigenvalue weighted by molar-refractivity contribution is 6.67. The van der Waals surface area contributed by atoms with Gasteiger partial charge in [-0.1, -0.05) is 58.5 Å². The van der Waals surface area contributed by atoms with Crippen molar-refractivity contribution in [1.29, 1.82) is 0 Å². The van der Waals surface area contributed by atoms with Gasteiger partial charge in [-0.15, -0.1) is 23.2 Å². The summed E-state index contributed by atoms with van der Waals surface area (Å²) >= 11 is 38.7. The Hall–Kier alpha value is -0.360. The molecule has 1 aliphatic heterocycles. The second-order valence-electron chi connectivity index (χ2n) is 6.26. The van der Waals surface area contributed by atoms with E-state index in [-0.39, 0.29) is 15.8 Å². The Morgan fingerprint density at radius 1 is 0.923 bits per heavy atom. The monoisotopic (exact) mass is 473 g/mol. The van der Waals surface area contributed by atoms with Crippen LogP contribution in [0.15, 0.2) is 34.3 Å². The van der Waals surface area contributed by atoms with Crippen LogP contribution in [0.2, 0.25) is 0 Å². The number of carbonyl (C=O) groups is 2. The number of allylic oxidation sites excluding steroid dienone is 2. The SMILES string of the molecule is COc1ccccc1N1C(=O)C2[C@H](C1=O)[C@@]1(Cl)C(Cl)=C(Cl)[C@@]2(Cl)C1(Cl)Cl. The minimum Gasteiger partial charge on any atom is -0.495 e. The molecule has 3 aliphatic rings. The average molecular weight is 476 g/mol. The number of fused-ring (bicyclic) bond motifs is 5. The molecule has 1 saturated carbocycles. The summed E-state index contributed by atoms with van der Waals surface area (Å²) in [6.45, 7) is 0. The normalized spacial score (nSPS) is 37.6. The molecular weight excluding hydrogens is 467 g/mol. The van der Waals surface area contributed by atoms with E-state index < -0.39 is 37.7 Å². The van der Waals surface area contributed by atoms with Gasteiger partial charge in [-0.3, -0.25) is 9.59 Å². The Labute approximate surface area is 178 Å². The maximum atomic E-state index is 13.2. The van der Waals surface area contributed by atoms with Gasteiger partial charge in [-0.2, -0.15) is 0 Å². The van der Waals surface area contributed by atoms with E-state index in [9.17, 15) is 9.59 Å². The zero-order valence-corrected chi connectivity index (χ0v) is 17.4. The van der Waals surface area contributed by atoms with Gasteiger partial charge in [-0.05, 0) is 12.1 Å². The van der Waals surface area contributed by atoms with Crippen LogP contribution in [0.3, 0.4) is 0 Å². The summed E-state index contributed by atoms with van der Waals surface area (Å²) in [4.78, 5) is 23.8. The van der Waals surface area contributed by atoms with Crippen molar-refractivity contribution in [3.05, 3.63) is 34.3 Å². The molecule has 2 amide bonds. The molecule has 0 N–H and O–H groups in total. The summed E-state index contributed by atoms with van der Waals surface area (Å²) in [6.07, 6.45) is 0. The Kier molecular flexibility index (Phi) is 4.08. The fourth-order valence-corrected chi connectivity index (χ4v) is 6.98. The molecule has 2 aliphatic carbocycles. The summed E-state index contributed by atoms with van der Waals surface area (Å²) in [5.74, 6) is -3.22. The maximum Gasteiger partial charge on any atom is 0.240 e. The lowest BCUT2D eigenvalue weighted by molar-refractivity contribution is -0.123. The summed E-state index contributed by atoms with van der Waals surface area (Å²) < 4.78 is 3.31. The standard InChI is InChI=1S/C16H9Cl6NO3/c1-26-7-5-3-2-4-6(7)23-12(24)8-9(13(23)25)15(20)11(18)10(17)14(8,19)16(15,21)22/h2-5,8-9H,1H3/t8-,9?,14-,15-/m1/s1. The first kappa shape index (κ1) is 19.0. The van der Waals surface area contributed by atoms with Crippen LogP contribution in [-0.2, 0) is 9.59 Å². The van der Waals surface area contributed by atoms with Gasteiger partial charge in [0.15, 0.2) is 4.33 Å². The highest BCUT2D eigenvalue weighted by atomic mass is 35.5. The molecule has 1 aromatic rings. The van der Waals surface area contributed by atoms with Gasteiger partial charge < -0.3 is 4.74 Å². The summed E-state index contributed by atoms with van der Waals surface area (Å²) in [5, 5.41) is -0.241. The molecule has 138 valence electrons. The maximum absolute atomic E-state index is 13.2. The topological polar surface area (TPSA) is 46.6 Å². The number of benzene rings is 1. The van der Waals surface area contributed by atoms with Gasteiger partial charge in [0.2, 0.25) is 11.8 Å². The first-order chi connectivity index (χ1) is 12.1. The number of nitrogens with zero attached hydrogens (tertiary/aromatic N) is 1. The number of hydrogen-bond acceptors (Lipinski definition) is 3. The zero-order chi connectivity index (χ0) is 19.2. The Bertz CT molecular complexity index is 856. The first-order valence-corrected chi connectivity index (χ1v) is 9.66. The number of rotatable bonds is 2. The lowest BCUT2D eigenvalue weighted by atomic mass is 9.84. The van der Waals surface area contributed by atoms with Crippen LogP contribution < -0.4 is 9.64 Å². The highest BCUT2D eigenvalue weighted by Crippen LogP contribution is 2.77. The number of halogens is 6. The van der Waals surface area contributed by atoms with Crippen molar-refractivity contribution in [2.45, 2.75) is 14.1 Å². The third-order valence-electron chi connectivity index (χ3n) is 5.23. The van der Waals surface area contributed by atoms with Crippen LogP contribution in [-0.4, -0.2) is 33.0 Å². The minimum atomic E-state index is -1.94. The number of anilines is 1. The van der Waals surface area contributed by atoms with Crippen LogP contribution in [0.5, 0.6) is 5.75 Å². The van der Waals surface area contributed by atoms with Crippen molar-refractivity contribution in [2.75, 3.05) is 12.0 Å². The average Bonchev–Trinajstić information content (AvgIpc) is 2.99. The molecule has 0 aromatic heterocycles. The molecule has 26 heavy (non-hydrogen) atoms. The van der Waals surface area contributed by atoms with E-state index >= 15 is 0 Å². The summed E-state index contributed by atoms with van der Waals surface area (Å²) in [7, 11) is 1.43. The molecule has 1 heterocycles. The smallest absolute Gasteiger partial charge is 0.240 e. The second-order valence-corrected chi connectivity index (χ2v) is 9.54. The second kappa shape index (κ2) is 5.59. The number of carbonyl (C=O) groups excluding carboxylic acids is 2. The van der Waals surface area contributed by atoms with E-state index in [0.717, 1.165) is 4.90 Å². The third-order valence-corrected chi connectivity index (χ3v) is 9.49. The summed E-state index contributed by atoms with van der Waals surface area (Å²) in [6, 6.07) is 6.57. The molecule has 0 radical (unpaired) electrons. The third kappa shape index (κ3) is 1.77. The number of ether oxygens (including phenoxy) is 1. The van der Waals surface area contributed by atoms with Gasteiger partial charge in [0.25, 0.3) is 0 Å². The number of para-hydroxylation sites is 2. The van der Waals surface area contributed by atoms with Crippen molar-refractivity contribution in [2.24, 2.45) is 11.8 Å². The highest BCUT2D eigenvalue weighted by Gasteiger charge is 2.87. The lowest BCUT2D eigenvalue weighted by Gasteiger charge is -2.34. The predicted octanol–water partition coefficient (Wildman–Crippen LogP) is 4.65. The molecule has 0 spiro atoms.